The van der Waals surface area contributed by atoms with Crippen LogP contribution in [0.1, 0.15) is 42.8 Å². The van der Waals surface area contributed by atoms with Crippen LogP contribution in [0.5, 0.6) is 0 Å². The van der Waals surface area contributed by atoms with Crippen LogP contribution in [0, 0.1) is 12.3 Å². The molecule has 1 N–H and O–H groups in total. The molecule has 0 aliphatic carbocycles. The molecule has 0 bridgehead atoms. The highest BCUT2D eigenvalue weighted by molar-refractivity contribution is 7.10. The minimum atomic E-state index is -0.338. The lowest BCUT2D eigenvalue weighted by molar-refractivity contribution is 0.275. The van der Waals surface area contributed by atoms with E-state index in [1.54, 1.807) is 17.4 Å². The maximum atomic E-state index is 11.9. The second-order valence-corrected chi connectivity index (χ2v) is 8.77. The average molecular weight is 376 g/mol. The van der Waals surface area contributed by atoms with Crippen LogP contribution in [0.15, 0.2) is 44.9 Å². The predicted octanol–water partition coefficient (Wildman–Crippen LogP) is 5.69. The van der Waals surface area contributed by atoms with Crippen molar-refractivity contribution in [2.24, 2.45) is 5.41 Å². The molecule has 0 saturated carbocycles. The topological polar surface area (TPSA) is 42.2 Å². The first-order valence-corrected chi connectivity index (χ1v) is 9.51. The van der Waals surface area contributed by atoms with Gasteiger partial charge >= 0.3 is 5.63 Å². The molecule has 0 fully saturated rings. The maximum Gasteiger partial charge on any atom is 0.336 e. The van der Waals surface area contributed by atoms with Gasteiger partial charge in [0.15, 0.2) is 0 Å². The van der Waals surface area contributed by atoms with E-state index in [2.05, 4.69) is 43.6 Å². The van der Waals surface area contributed by atoms with Gasteiger partial charge in [0.1, 0.15) is 5.58 Å². The summed E-state index contributed by atoms with van der Waals surface area (Å²) in [6, 6.07) is 9.65. The molecule has 2 heterocycles. The number of benzene rings is 1. The fraction of sp³-hybridized carbons (Fsp3) is 0.350. The number of fused-ring (bicyclic) bond motifs is 1. The summed E-state index contributed by atoms with van der Waals surface area (Å²) in [4.78, 5) is 13.2. The van der Waals surface area contributed by atoms with Crippen molar-refractivity contribution >= 4 is 33.9 Å². The van der Waals surface area contributed by atoms with Crippen molar-refractivity contribution in [1.29, 1.82) is 0 Å². The van der Waals surface area contributed by atoms with E-state index in [1.165, 1.54) is 4.88 Å². The molecular formula is C20H22ClNO2S. The average Bonchev–Trinajstić information content (AvgIpc) is 3.02. The molecule has 1 unspecified atom stereocenters. The lowest BCUT2D eigenvalue weighted by atomic mass is 9.85. The molecular weight excluding hydrogens is 354 g/mol. The molecule has 2 aromatic heterocycles. The zero-order valence-corrected chi connectivity index (χ0v) is 16.4. The van der Waals surface area contributed by atoms with E-state index in [4.69, 9.17) is 16.0 Å². The Labute approximate surface area is 156 Å². The van der Waals surface area contributed by atoms with Gasteiger partial charge in [0.2, 0.25) is 0 Å². The van der Waals surface area contributed by atoms with Gasteiger partial charge in [-0.25, -0.2) is 4.79 Å². The minimum Gasteiger partial charge on any atom is -0.423 e. The second kappa shape index (κ2) is 6.94. The van der Waals surface area contributed by atoms with Gasteiger partial charge in [0.25, 0.3) is 0 Å². The predicted molar refractivity (Wildman–Crippen MR) is 106 cm³/mol. The lowest BCUT2D eigenvalue weighted by Crippen LogP contribution is -2.31. The van der Waals surface area contributed by atoms with E-state index in [0.717, 1.165) is 16.5 Å². The Morgan fingerprint density at radius 1 is 1.28 bits per heavy atom. The molecule has 25 heavy (non-hydrogen) atoms. The van der Waals surface area contributed by atoms with E-state index < -0.39 is 0 Å². The normalized spacial score (nSPS) is 13.3. The standard InChI is InChI=1S/C20H22ClNO2S/c1-12-8-16-14(10-15(12)21)13(9-18(23)24-16)11-22-19(20(2,3)4)17-6-5-7-25-17/h5-10,19,22H,11H2,1-4H3. The molecule has 0 spiro atoms. The van der Waals surface area contributed by atoms with E-state index in [1.807, 2.05) is 19.1 Å². The first kappa shape index (κ1) is 18.2. The highest BCUT2D eigenvalue weighted by Crippen LogP contribution is 2.35. The smallest absolute Gasteiger partial charge is 0.336 e. The highest BCUT2D eigenvalue weighted by Gasteiger charge is 2.26. The van der Waals surface area contributed by atoms with Crippen molar-refractivity contribution in [2.75, 3.05) is 0 Å². The van der Waals surface area contributed by atoms with E-state index in [0.29, 0.717) is 17.2 Å². The van der Waals surface area contributed by atoms with Crippen LogP contribution in [0.25, 0.3) is 11.0 Å². The molecule has 0 saturated heterocycles. The van der Waals surface area contributed by atoms with Crippen molar-refractivity contribution in [3.63, 3.8) is 0 Å². The molecule has 0 aliphatic rings. The third kappa shape index (κ3) is 3.97. The zero-order valence-electron chi connectivity index (χ0n) is 14.9. The van der Waals surface area contributed by atoms with Crippen LogP contribution in [0.3, 0.4) is 0 Å². The fourth-order valence-electron chi connectivity index (χ4n) is 3.00. The molecule has 3 aromatic rings. The number of hydrogen-bond donors (Lipinski definition) is 1. The maximum absolute atomic E-state index is 11.9. The van der Waals surface area contributed by atoms with Crippen LogP contribution >= 0.6 is 22.9 Å². The molecule has 0 aliphatic heterocycles. The van der Waals surface area contributed by atoms with Crippen LogP contribution < -0.4 is 10.9 Å². The SMILES string of the molecule is Cc1cc2oc(=O)cc(CNC(c3cccs3)C(C)(C)C)c2cc1Cl. The molecule has 132 valence electrons. The first-order chi connectivity index (χ1) is 11.8. The Morgan fingerprint density at radius 3 is 2.68 bits per heavy atom. The summed E-state index contributed by atoms with van der Waals surface area (Å²) in [6.07, 6.45) is 0. The van der Waals surface area contributed by atoms with Gasteiger partial charge in [-0.05, 0) is 47.0 Å². The summed E-state index contributed by atoms with van der Waals surface area (Å²) in [6.45, 7) is 9.10. The quantitative estimate of drug-likeness (QED) is 0.595. The summed E-state index contributed by atoms with van der Waals surface area (Å²) in [5.74, 6) is 0. The summed E-state index contributed by atoms with van der Waals surface area (Å²) in [7, 11) is 0. The molecule has 5 heteroatoms. The van der Waals surface area contributed by atoms with E-state index in [-0.39, 0.29) is 17.1 Å². The van der Waals surface area contributed by atoms with Crippen molar-refractivity contribution in [3.8, 4) is 0 Å². The Morgan fingerprint density at radius 2 is 2.04 bits per heavy atom. The van der Waals surface area contributed by atoms with Crippen molar-refractivity contribution < 1.29 is 4.42 Å². The summed E-state index contributed by atoms with van der Waals surface area (Å²) in [5.41, 5.74) is 2.09. The molecule has 0 radical (unpaired) electrons. The van der Waals surface area contributed by atoms with Crippen molar-refractivity contribution in [1.82, 2.24) is 5.32 Å². The Kier molecular flexibility index (Phi) is 5.05. The Balaban J connectivity index is 1.97. The van der Waals surface area contributed by atoms with Gasteiger partial charge in [0, 0.05) is 33.9 Å². The number of hydrogen-bond acceptors (Lipinski definition) is 4. The number of thiophene rings is 1. The molecule has 3 nitrogen and oxygen atoms in total. The van der Waals surface area contributed by atoms with Gasteiger partial charge in [-0.3, -0.25) is 0 Å². The zero-order chi connectivity index (χ0) is 18.2. The highest BCUT2D eigenvalue weighted by atomic mass is 35.5. The molecule has 3 rings (SSSR count). The van der Waals surface area contributed by atoms with Crippen LogP contribution in [0.2, 0.25) is 5.02 Å². The minimum absolute atomic E-state index is 0.0499. The summed E-state index contributed by atoms with van der Waals surface area (Å²) >= 11 is 8.02. The van der Waals surface area contributed by atoms with Gasteiger partial charge in [-0.1, -0.05) is 38.4 Å². The van der Waals surface area contributed by atoms with Gasteiger partial charge < -0.3 is 9.73 Å². The third-order valence-electron chi connectivity index (χ3n) is 4.30. The summed E-state index contributed by atoms with van der Waals surface area (Å²) < 4.78 is 5.34. The van der Waals surface area contributed by atoms with Crippen LogP contribution in [0.4, 0.5) is 0 Å². The number of halogens is 1. The van der Waals surface area contributed by atoms with Gasteiger partial charge in [0.05, 0.1) is 0 Å². The molecule has 0 amide bonds. The lowest BCUT2D eigenvalue weighted by Gasteiger charge is -2.31. The monoisotopic (exact) mass is 375 g/mol. The number of rotatable bonds is 4. The van der Waals surface area contributed by atoms with Crippen molar-refractivity contribution in [3.05, 3.63) is 67.2 Å². The largest absolute Gasteiger partial charge is 0.423 e. The van der Waals surface area contributed by atoms with Gasteiger partial charge in [-0.2, -0.15) is 0 Å². The first-order valence-electron chi connectivity index (χ1n) is 8.25. The van der Waals surface area contributed by atoms with Crippen LogP contribution in [-0.2, 0) is 6.54 Å². The molecule has 1 aromatic carbocycles. The Hall–Kier alpha value is -1.62. The molecule has 1 atom stereocenters. The van der Waals surface area contributed by atoms with Gasteiger partial charge in [-0.15, -0.1) is 11.3 Å². The summed E-state index contributed by atoms with van der Waals surface area (Å²) in [5, 5.41) is 7.26. The van der Waals surface area contributed by atoms with Crippen molar-refractivity contribution in [2.45, 2.75) is 40.3 Å². The third-order valence-corrected chi connectivity index (χ3v) is 5.64. The van der Waals surface area contributed by atoms with E-state index in [9.17, 15) is 4.79 Å². The number of nitrogens with one attached hydrogen (secondary N) is 1. The second-order valence-electron chi connectivity index (χ2n) is 7.38. The fourth-order valence-corrected chi connectivity index (χ4v) is 4.20. The Bertz CT molecular complexity index is 939. The van der Waals surface area contributed by atoms with Crippen LogP contribution in [-0.4, -0.2) is 0 Å². The number of aryl methyl sites for hydroxylation is 1. The van der Waals surface area contributed by atoms with E-state index >= 15 is 0 Å².